The van der Waals surface area contributed by atoms with Crippen LogP contribution in [0.5, 0.6) is 5.75 Å². The quantitative estimate of drug-likeness (QED) is 0.846. The molecule has 3 rings (SSSR count). The minimum absolute atomic E-state index is 0.0760. The SMILES string of the molecule is COc1cccc2cc(C(=O)N3CCOC[C@@H]3CN(C)CCO)oc12. The van der Waals surface area contributed by atoms with E-state index in [9.17, 15) is 4.79 Å². The molecule has 0 saturated carbocycles. The molecule has 0 bridgehead atoms. The molecule has 0 aliphatic carbocycles. The van der Waals surface area contributed by atoms with E-state index in [-0.39, 0.29) is 18.6 Å². The topological polar surface area (TPSA) is 75.4 Å². The first-order valence-electron chi connectivity index (χ1n) is 8.38. The molecule has 2 aromatic rings. The molecule has 25 heavy (non-hydrogen) atoms. The van der Waals surface area contributed by atoms with Crippen molar-refractivity contribution in [1.82, 2.24) is 9.80 Å². The highest BCUT2D eigenvalue weighted by Crippen LogP contribution is 2.29. The number of fused-ring (bicyclic) bond motifs is 1. The van der Waals surface area contributed by atoms with Gasteiger partial charge < -0.3 is 28.8 Å². The number of nitrogens with zero attached hydrogens (tertiary/aromatic N) is 2. The lowest BCUT2D eigenvalue weighted by Gasteiger charge is -2.37. The Kier molecular flexibility index (Phi) is 5.57. The molecular formula is C18H24N2O5. The molecule has 0 spiro atoms. The van der Waals surface area contributed by atoms with Crippen LogP contribution >= 0.6 is 0 Å². The monoisotopic (exact) mass is 348 g/mol. The van der Waals surface area contributed by atoms with Crippen molar-refractivity contribution in [2.24, 2.45) is 0 Å². The maximum Gasteiger partial charge on any atom is 0.290 e. The van der Waals surface area contributed by atoms with Gasteiger partial charge in [-0.05, 0) is 19.2 Å². The number of likely N-dealkylation sites (N-methyl/N-ethyl adjacent to an activating group) is 1. The van der Waals surface area contributed by atoms with Crippen LogP contribution in [0.1, 0.15) is 10.6 Å². The lowest BCUT2D eigenvalue weighted by Crippen LogP contribution is -2.53. The molecule has 2 heterocycles. The Morgan fingerprint density at radius 1 is 1.48 bits per heavy atom. The van der Waals surface area contributed by atoms with Crippen molar-refractivity contribution >= 4 is 16.9 Å². The van der Waals surface area contributed by atoms with Gasteiger partial charge in [-0.3, -0.25) is 4.79 Å². The molecule has 1 amide bonds. The fraction of sp³-hybridized carbons (Fsp3) is 0.500. The first-order chi connectivity index (χ1) is 12.1. The highest BCUT2D eigenvalue weighted by atomic mass is 16.5. The average Bonchev–Trinajstić information content (AvgIpc) is 3.06. The van der Waals surface area contributed by atoms with Crippen LogP contribution in [0.25, 0.3) is 11.0 Å². The minimum Gasteiger partial charge on any atom is -0.493 e. The van der Waals surface area contributed by atoms with Crippen molar-refractivity contribution in [1.29, 1.82) is 0 Å². The van der Waals surface area contributed by atoms with E-state index in [1.807, 2.05) is 30.1 Å². The number of methoxy groups -OCH3 is 1. The summed E-state index contributed by atoms with van der Waals surface area (Å²) in [6, 6.07) is 7.25. The summed E-state index contributed by atoms with van der Waals surface area (Å²) >= 11 is 0. The van der Waals surface area contributed by atoms with Crippen molar-refractivity contribution in [2.75, 3.05) is 53.6 Å². The van der Waals surface area contributed by atoms with Crippen LogP contribution in [0.15, 0.2) is 28.7 Å². The molecule has 1 aliphatic heterocycles. The van der Waals surface area contributed by atoms with E-state index in [2.05, 4.69) is 0 Å². The van der Waals surface area contributed by atoms with Crippen molar-refractivity contribution in [2.45, 2.75) is 6.04 Å². The summed E-state index contributed by atoms with van der Waals surface area (Å²) in [5.74, 6) is 0.762. The predicted octanol–water partition coefficient (Wildman–Crippen LogP) is 1.21. The van der Waals surface area contributed by atoms with Gasteiger partial charge in [-0.15, -0.1) is 0 Å². The molecule has 136 valence electrons. The summed E-state index contributed by atoms with van der Waals surface area (Å²) in [5, 5.41) is 9.91. The van der Waals surface area contributed by atoms with Gasteiger partial charge in [-0.25, -0.2) is 0 Å². The molecule has 1 saturated heterocycles. The third kappa shape index (κ3) is 3.78. The van der Waals surface area contributed by atoms with Crippen molar-refractivity contribution in [3.8, 4) is 5.75 Å². The number of benzene rings is 1. The second kappa shape index (κ2) is 7.86. The first-order valence-corrected chi connectivity index (χ1v) is 8.38. The molecule has 0 unspecified atom stereocenters. The maximum absolute atomic E-state index is 13.0. The number of para-hydroxylation sites is 1. The Morgan fingerprint density at radius 2 is 2.32 bits per heavy atom. The van der Waals surface area contributed by atoms with Crippen LogP contribution in [0.4, 0.5) is 0 Å². The molecule has 1 atom stereocenters. The number of morpholine rings is 1. The number of hydrogen-bond acceptors (Lipinski definition) is 6. The van der Waals surface area contributed by atoms with E-state index >= 15 is 0 Å². The Hall–Kier alpha value is -2.09. The smallest absolute Gasteiger partial charge is 0.290 e. The zero-order chi connectivity index (χ0) is 17.8. The van der Waals surface area contributed by atoms with E-state index in [1.165, 1.54) is 0 Å². The Morgan fingerprint density at radius 3 is 3.08 bits per heavy atom. The van der Waals surface area contributed by atoms with Gasteiger partial charge in [-0.2, -0.15) is 0 Å². The van der Waals surface area contributed by atoms with Crippen LogP contribution in [-0.2, 0) is 4.74 Å². The largest absolute Gasteiger partial charge is 0.493 e. The van der Waals surface area contributed by atoms with Crippen molar-refractivity contribution < 1.29 is 23.8 Å². The molecule has 1 fully saturated rings. The number of furan rings is 1. The molecule has 1 aromatic carbocycles. The summed E-state index contributed by atoms with van der Waals surface area (Å²) in [6.45, 7) is 2.78. The number of amides is 1. The van der Waals surface area contributed by atoms with E-state index in [0.717, 1.165) is 5.39 Å². The lowest BCUT2D eigenvalue weighted by atomic mass is 10.2. The van der Waals surface area contributed by atoms with Crippen LogP contribution in [0, 0.1) is 0 Å². The van der Waals surface area contributed by atoms with Gasteiger partial charge >= 0.3 is 0 Å². The maximum atomic E-state index is 13.0. The number of carbonyl (C=O) groups excluding carboxylic acids is 1. The molecule has 1 N–H and O–H groups in total. The van der Waals surface area contributed by atoms with Crippen LogP contribution in [0.3, 0.4) is 0 Å². The zero-order valence-electron chi connectivity index (χ0n) is 14.6. The van der Waals surface area contributed by atoms with Crippen molar-refractivity contribution in [3.05, 3.63) is 30.0 Å². The predicted molar refractivity (Wildman–Crippen MR) is 93.0 cm³/mol. The van der Waals surface area contributed by atoms with E-state index in [4.69, 9.17) is 19.0 Å². The van der Waals surface area contributed by atoms with Gasteiger partial charge in [-0.1, -0.05) is 12.1 Å². The van der Waals surface area contributed by atoms with Gasteiger partial charge in [0.2, 0.25) is 0 Å². The van der Waals surface area contributed by atoms with Gasteiger partial charge in [0.05, 0.1) is 33.0 Å². The fourth-order valence-electron chi connectivity index (χ4n) is 3.14. The van der Waals surface area contributed by atoms with Gasteiger partial charge in [0, 0.05) is 25.0 Å². The normalized spacial score (nSPS) is 18.1. The number of ether oxygens (including phenoxy) is 2. The Bertz CT molecular complexity index is 729. The van der Waals surface area contributed by atoms with E-state index < -0.39 is 0 Å². The van der Waals surface area contributed by atoms with E-state index in [0.29, 0.717) is 49.9 Å². The minimum atomic E-state index is -0.149. The molecule has 7 nitrogen and oxygen atoms in total. The van der Waals surface area contributed by atoms with Crippen LogP contribution in [-0.4, -0.2) is 80.5 Å². The van der Waals surface area contributed by atoms with E-state index in [1.54, 1.807) is 18.1 Å². The van der Waals surface area contributed by atoms with Gasteiger partial charge in [0.1, 0.15) is 0 Å². The lowest BCUT2D eigenvalue weighted by molar-refractivity contribution is -0.0122. The summed E-state index contributed by atoms with van der Waals surface area (Å²) in [7, 11) is 3.49. The standard InChI is InChI=1S/C18H24N2O5/c1-19(6-8-21)11-14-12-24-9-7-20(14)18(22)16-10-13-4-3-5-15(23-2)17(13)25-16/h3-5,10,14,21H,6-9,11-12H2,1-2H3/t14-/m0/s1. The van der Waals surface area contributed by atoms with Crippen molar-refractivity contribution in [3.63, 3.8) is 0 Å². The fourth-order valence-corrected chi connectivity index (χ4v) is 3.14. The van der Waals surface area contributed by atoms with Gasteiger partial charge in [0.15, 0.2) is 17.1 Å². The van der Waals surface area contributed by atoms with Crippen LogP contribution < -0.4 is 4.74 Å². The Balaban J connectivity index is 1.82. The summed E-state index contributed by atoms with van der Waals surface area (Å²) < 4.78 is 16.6. The summed E-state index contributed by atoms with van der Waals surface area (Å²) in [4.78, 5) is 16.8. The molecule has 0 radical (unpaired) electrons. The third-order valence-electron chi connectivity index (χ3n) is 4.43. The number of aliphatic hydroxyl groups excluding tert-OH is 1. The number of carbonyl (C=O) groups is 1. The summed E-state index contributed by atoms with van der Waals surface area (Å²) in [6.07, 6.45) is 0. The second-order valence-electron chi connectivity index (χ2n) is 6.20. The number of rotatable bonds is 6. The second-order valence-corrected chi connectivity index (χ2v) is 6.20. The zero-order valence-corrected chi connectivity index (χ0v) is 14.6. The molecule has 1 aromatic heterocycles. The highest BCUT2D eigenvalue weighted by molar-refractivity contribution is 5.97. The highest BCUT2D eigenvalue weighted by Gasteiger charge is 2.31. The number of aliphatic hydroxyl groups is 1. The average molecular weight is 348 g/mol. The third-order valence-corrected chi connectivity index (χ3v) is 4.43. The molecule has 7 heteroatoms. The number of hydrogen-bond donors (Lipinski definition) is 1. The summed E-state index contributed by atoms with van der Waals surface area (Å²) in [5.41, 5.74) is 0.579. The molecular weight excluding hydrogens is 324 g/mol. The van der Waals surface area contributed by atoms with Gasteiger partial charge in [0.25, 0.3) is 5.91 Å². The first kappa shape index (κ1) is 17.7. The van der Waals surface area contributed by atoms with Crippen LogP contribution in [0.2, 0.25) is 0 Å². The Labute approximate surface area is 146 Å². The molecule has 1 aliphatic rings.